The first kappa shape index (κ1) is 36.1. The minimum atomic E-state index is -1.07. The number of esters is 1. The summed E-state index contributed by atoms with van der Waals surface area (Å²) in [6.07, 6.45) is -0.218. The number of phenolic OH excluding ortho intramolecular Hbond substituents is 1. The molecular formula is C39H42N4O10S. The molecule has 6 aliphatic heterocycles. The summed E-state index contributed by atoms with van der Waals surface area (Å²) in [7, 11) is 5.18. The number of phenols is 1. The van der Waals surface area contributed by atoms with Gasteiger partial charge in [0.2, 0.25) is 6.79 Å². The molecule has 54 heavy (non-hydrogen) atoms. The van der Waals surface area contributed by atoms with Crippen LogP contribution >= 0.6 is 11.8 Å². The lowest BCUT2D eigenvalue weighted by atomic mass is 9.71. The molecule has 0 saturated carbocycles. The van der Waals surface area contributed by atoms with Crippen molar-refractivity contribution >= 4 is 23.8 Å². The summed E-state index contributed by atoms with van der Waals surface area (Å²) in [6, 6.07) is 10.4. The van der Waals surface area contributed by atoms with Crippen molar-refractivity contribution in [3.63, 3.8) is 0 Å². The maximum absolute atomic E-state index is 13.8. The largest absolute Gasteiger partial charge is 0.507 e. The lowest BCUT2D eigenvalue weighted by Crippen LogP contribution is -2.69. The van der Waals surface area contributed by atoms with E-state index in [0.717, 1.165) is 22.3 Å². The van der Waals surface area contributed by atoms with E-state index in [1.54, 1.807) is 21.1 Å². The van der Waals surface area contributed by atoms with Crippen molar-refractivity contribution in [2.45, 2.75) is 68.4 Å². The van der Waals surface area contributed by atoms with Gasteiger partial charge in [-0.2, -0.15) is 5.26 Å². The molecule has 15 heteroatoms. The monoisotopic (exact) mass is 758 g/mol. The molecule has 0 aromatic heterocycles. The Kier molecular flexibility index (Phi) is 9.63. The number of nitrogens with one attached hydrogen (secondary N) is 1. The van der Waals surface area contributed by atoms with Crippen LogP contribution in [0.1, 0.15) is 56.3 Å². The molecule has 4 bridgehead atoms. The topological polar surface area (TPSA) is 161 Å². The molecular weight excluding hydrogens is 717 g/mol. The number of alkyl carbamates (subject to hydrolysis) is 1. The summed E-state index contributed by atoms with van der Waals surface area (Å²) in [5, 5.41) is 25.3. The fourth-order valence-electron chi connectivity index (χ4n) is 8.95. The van der Waals surface area contributed by atoms with Crippen LogP contribution in [-0.4, -0.2) is 98.3 Å². The summed E-state index contributed by atoms with van der Waals surface area (Å²) in [4.78, 5) is 31.3. The van der Waals surface area contributed by atoms with E-state index in [2.05, 4.69) is 27.3 Å². The molecule has 284 valence electrons. The highest BCUT2D eigenvalue weighted by Crippen LogP contribution is 2.63. The molecule has 3 aromatic carbocycles. The Balaban J connectivity index is 1.27. The van der Waals surface area contributed by atoms with Gasteiger partial charge in [-0.15, -0.1) is 11.8 Å². The number of aromatic hydroxyl groups is 1. The van der Waals surface area contributed by atoms with Gasteiger partial charge in [-0.3, -0.25) is 9.80 Å². The van der Waals surface area contributed by atoms with E-state index in [9.17, 15) is 20.0 Å². The van der Waals surface area contributed by atoms with Gasteiger partial charge in [-0.1, -0.05) is 36.4 Å². The average molecular weight is 759 g/mol. The van der Waals surface area contributed by atoms with E-state index in [-0.39, 0.29) is 50.4 Å². The number of fused-ring (bicyclic) bond motifs is 10. The van der Waals surface area contributed by atoms with Gasteiger partial charge >= 0.3 is 12.1 Å². The molecule has 1 amide bonds. The van der Waals surface area contributed by atoms with Gasteiger partial charge < -0.3 is 43.6 Å². The maximum Gasteiger partial charge on any atom is 0.408 e. The zero-order chi connectivity index (χ0) is 37.8. The molecule has 3 aromatic rings. The number of piperazine rings is 1. The molecule has 0 aliphatic carbocycles. The Hall–Kier alpha value is -4.88. The quantitative estimate of drug-likeness (QED) is 0.254. The van der Waals surface area contributed by atoms with Crippen LogP contribution in [0, 0.1) is 25.2 Å². The number of carbonyl (C=O) groups is 2. The van der Waals surface area contributed by atoms with E-state index in [0.29, 0.717) is 46.1 Å². The SMILES string of the molecule is COCOc1c(OC)c(C)cc2c1[C@@H]1C3[C@@H]4SC[C@H](NC(=O)OCc5ccccc5)C(=O)OC[C@@H](c5c6c(c(C)c(O)c54)OCO6)N3[C@@H](C#N)[C@H](C2)N1C. The van der Waals surface area contributed by atoms with E-state index >= 15 is 0 Å². The van der Waals surface area contributed by atoms with Gasteiger partial charge in [-0.25, -0.2) is 9.59 Å². The number of hydrogen-bond acceptors (Lipinski definition) is 14. The summed E-state index contributed by atoms with van der Waals surface area (Å²) >= 11 is 1.39. The number of carbonyl (C=O) groups excluding carboxylic acids is 2. The number of ether oxygens (including phenoxy) is 7. The predicted octanol–water partition coefficient (Wildman–Crippen LogP) is 4.58. The molecule has 6 aliphatic rings. The zero-order valence-corrected chi connectivity index (χ0v) is 31.4. The second kappa shape index (κ2) is 14.4. The third kappa shape index (κ3) is 5.74. The summed E-state index contributed by atoms with van der Waals surface area (Å²) < 4.78 is 41.2. The number of hydrogen-bond donors (Lipinski definition) is 2. The summed E-state index contributed by atoms with van der Waals surface area (Å²) in [5.41, 5.74) is 5.39. The van der Waals surface area contributed by atoms with Gasteiger partial charge in [0, 0.05) is 47.2 Å². The van der Waals surface area contributed by atoms with Crippen molar-refractivity contribution in [1.29, 1.82) is 5.26 Å². The zero-order valence-electron chi connectivity index (χ0n) is 30.6. The number of methoxy groups -OCH3 is 2. The Morgan fingerprint density at radius 3 is 2.61 bits per heavy atom. The van der Waals surface area contributed by atoms with Crippen molar-refractivity contribution in [3.05, 3.63) is 75.3 Å². The highest BCUT2D eigenvalue weighted by molar-refractivity contribution is 7.99. The normalized spacial score (nSPS) is 26.7. The minimum Gasteiger partial charge on any atom is -0.507 e. The van der Waals surface area contributed by atoms with Crippen LogP contribution in [0.2, 0.25) is 0 Å². The Labute approximate surface area is 317 Å². The number of benzene rings is 3. The second-order valence-electron chi connectivity index (χ2n) is 14.1. The molecule has 14 nitrogen and oxygen atoms in total. The van der Waals surface area contributed by atoms with Crippen LogP contribution < -0.4 is 24.3 Å². The first-order chi connectivity index (χ1) is 26.2. The predicted molar refractivity (Wildman–Crippen MR) is 195 cm³/mol. The Bertz CT molecular complexity index is 2020. The van der Waals surface area contributed by atoms with Crippen LogP contribution in [-0.2, 0) is 32.0 Å². The Morgan fingerprint density at radius 2 is 1.87 bits per heavy atom. The van der Waals surface area contributed by atoms with Crippen molar-refractivity contribution < 1.29 is 47.9 Å². The summed E-state index contributed by atoms with van der Waals surface area (Å²) in [5.74, 6) is 1.49. The Morgan fingerprint density at radius 1 is 1.09 bits per heavy atom. The van der Waals surface area contributed by atoms with E-state index in [1.165, 1.54) is 11.8 Å². The highest BCUT2D eigenvalue weighted by atomic mass is 32.2. The number of thioether (sulfide) groups is 1. The van der Waals surface area contributed by atoms with Crippen LogP contribution in [0.15, 0.2) is 36.4 Å². The molecule has 1 unspecified atom stereocenters. The molecule has 2 fully saturated rings. The van der Waals surface area contributed by atoms with E-state index in [1.807, 2.05) is 44.3 Å². The number of amides is 1. The lowest BCUT2D eigenvalue weighted by Gasteiger charge is -2.61. The molecule has 2 saturated heterocycles. The minimum absolute atomic E-state index is 0.0158. The average Bonchev–Trinajstić information content (AvgIpc) is 3.66. The highest BCUT2D eigenvalue weighted by Gasteiger charge is 2.60. The summed E-state index contributed by atoms with van der Waals surface area (Å²) in [6.45, 7) is 3.53. The third-order valence-electron chi connectivity index (χ3n) is 11.2. The number of likely N-dealkylation sites (N-methyl/N-ethyl adjacent to an activating group) is 1. The fourth-order valence-corrected chi connectivity index (χ4v) is 10.5. The lowest BCUT2D eigenvalue weighted by molar-refractivity contribution is -0.151. The van der Waals surface area contributed by atoms with Crippen molar-refractivity contribution in [3.8, 4) is 34.8 Å². The van der Waals surface area contributed by atoms with E-state index in [4.69, 9.17) is 33.2 Å². The van der Waals surface area contributed by atoms with Gasteiger partial charge in [0.1, 0.15) is 31.0 Å². The van der Waals surface area contributed by atoms with Gasteiger partial charge in [0.25, 0.3) is 0 Å². The molecule has 2 N–H and O–H groups in total. The van der Waals surface area contributed by atoms with Crippen LogP contribution in [0.25, 0.3) is 0 Å². The van der Waals surface area contributed by atoms with Crippen molar-refractivity contribution in [2.75, 3.05) is 47.2 Å². The number of aryl methyl sites for hydroxylation is 1. The van der Waals surface area contributed by atoms with Crippen LogP contribution in [0.5, 0.6) is 28.7 Å². The van der Waals surface area contributed by atoms with Crippen molar-refractivity contribution in [2.24, 2.45) is 0 Å². The smallest absolute Gasteiger partial charge is 0.408 e. The third-order valence-corrected chi connectivity index (χ3v) is 12.6. The second-order valence-corrected chi connectivity index (χ2v) is 15.3. The molecule has 0 spiro atoms. The molecule has 6 heterocycles. The molecule has 0 radical (unpaired) electrons. The number of rotatable bonds is 7. The fraction of sp³-hybridized carbons (Fsp3) is 0.462. The molecule has 7 atom stereocenters. The number of nitriles is 1. The standard InChI is InChI=1S/C39H42N4O10S/c1-19-11-22-12-24-25(13-40)43-26-15-49-38(45)23(41-39(46)50-14-21-9-7-6-8-10-21)16-54-37(29-28(26)36-34(52-18-53-36)20(2)32(29)44)31(43)30(42(24)3)27(22)35(33(19)48-5)51-17-47-4/h6-11,23-26,30-31,37,44H,12,14-18H2,1-5H3,(H,41,46)/t23-,24-,25-,26-,30+,31?,37+/m0/s1. The van der Waals surface area contributed by atoms with Gasteiger partial charge in [0.15, 0.2) is 29.8 Å². The van der Waals surface area contributed by atoms with Crippen molar-refractivity contribution in [1.82, 2.24) is 15.1 Å². The molecule has 9 rings (SSSR count). The maximum atomic E-state index is 13.8. The van der Waals surface area contributed by atoms with Gasteiger partial charge in [0.05, 0.1) is 30.5 Å². The van der Waals surface area contributed by atoms with E-state index < -0.39 is 41.5 Å². The number of nitrogens with zero attached hydrogens (tertiary/aromatic N) is 3. The van der Waals surface area contributed by atoms with Crippen LogP contribution in [0.4, 0.5) is 4.79 Å². The van der Waals surface area contributed by atoms with Gasteiger partial charge in [-0.05, 0) is 44.0 Å². The first-order valence-electron chi connectivity index (χ1n) is 17.8. The first-order valence-corrected chi connectivity index (χ1v) is 18.8. The van der Waals surface area contributed by atoms with Crippen LogP contribution in [0.3, 0.4) is 0 Å².